The van der Waals surface area contributed by atoms with Crippen molar-refractivity contribution in [2.45, 2.75) is 31.4 Å². The average molecular weight is 260 g/mol. The lowest BCUT2D eigenvalue weighted by molar-refractivity contribution is 0.0619. The number of rotatable bonds is 5. The van der Waals surface area contributed by atoms with Crippen LogP contribution in [0.25, 0.3) is 0 Å². The van der Waals surface area contributed by atoms with E-state index in [9.17, 15) is 8.42 Å². The topological polar surface area (TPSA) is 70.4 Å². The summed E-state index contributed by atoms with van der Waals surface area (Å²) in [5, 5.41) is 7.92. The monoisotopic (exact) mass is 260 g/mol. The van der Waals surface area contributed by atoms with Crippen molar-refractivity contribution in [3.8, 4) is 6.07 Å². The van der Waals surface area contributed by atoms with Crippen molar-refractivity contribution in [1.29, 1.82) is 5.26 Å². The fraction of sp³-hybridized carbons (Fsp3) is 0.909. The summed E-state index contributed by atoms with van der Waals surface area (Å²) < 4.78 is 30.6. The van der Waals surface area contributed by atoms with Crippen molar-refractivity contribution < 1.29 is 13.2 Å². The van der Waals surface area contributed by atoms with Gasteiger partial charge in [0.2, 0.25) is 10.0 Å². The van der Waals surface area contributed by atoms with Gasteiger partial charge in [0.05, 0.1) is 6.07 Å². The van der Waals surface area contributed by atoms with E-state index in [2.05, 4.69) is 0 Å². The molecule has 0 saturated carbocycles. The van der Waals surface area contributed by atoms with Gasteiger partial charge < -0.3 is 4.74 Å². The molecule has 0 bridgehead atoms. The van der Waals surface area contributed by atoms with Crippen molar-refractivity contribution in [3.05, 3.63) is 0 Å². The van der Waals surface area contributed by atoms with Gasteiger partial charge in [-0.05, 0) is 25.2 Å². The smallest absolute Gasteiger partial charge is 0.230 e. The van der Waals surface area contributed by atoms with Gasteiger partial charge in [0.25, 0.3) is 0 Å². The molecule has 98 valence electrons. The molecule has 17 heavy (non-hydrogen) atoms. The predicted octanol–water partition coefficient (Wildman–Crippen LogP) is 0.977. The standard InChI is InChI=1S/C11H20N2O3S/c1-3-11(8-12)17(14,15)13(2)9-10-4-6-16-7-5-10/h10-11H,3-7,9H2,1-2H3. The second-order valence-corrected chi connectivity index (χ2v) is 6.63. The zero-order valence-corrected chi connectivity index (χ0v) is 11.2. The SMILES string of the molecule is CCC(C#N)S(=O)(=O)N(C)CC1CCOCC1. The van der Waals surface area contributed by atoms with Crippen LogP contribution in [0.2, 0.25) is 0 Å². The van der Waals surface area contributed by atoms with Crippen LogP contribution < -0.4 is 0 Å². The second-order valence-electron chi connectivity index (χ2n) is 4.41. The van der Waals surface area contributed by atoms with E-state index >= 15 is 0 Å². The quantitative estimate of drug-likeness (QED) is 0.738. The van der Waals surface area contributed by atoms with Crippen LogP contribution in [0.4, 0.5) is 0 Å². The molecule has 0 spiro atoms. The van der Waals surface area contributed by atoms with E-state index in [1.165, 1.54) is 4.31 Å². The Hall–Kier alpha value is -0.640. The van der Waals surface area contributed by atoms with Gasteiger partial charge in [0, 0.05) is 26.8 Å². The number of sulfonamides is 1. The van der Waals surface area contributed by atoms with Gasteiger partial charge in [0.1, 0.15) is 0 Å². The molecule has 5 nitrogen and oxygen atoms in total. The maximum absolute atomic E-state index is 12.0. The van der Waals surface area contributed by atoms with Crippen molar-refractivity contribution in [3.63, 3.8) is 0 Å². The summed E-state index contributed by atoms with van der Waals surface area (Å²) in [7, 11) is -1.91. The largest absolute Gasteiger partial charge is 0.381 e. The van der Waals surface area contributed by atoms with E-state index in [1.54, 1.807) is 14.0 Å². The fourth-order valence-electron chi connectivity index (χ4n) is 1.98. The molecule has 6 heteroatoms. The maximum atomic E-state index is 12.0. The molecule has 1 saturated heterocycles. The summed E-state index contributed by atoms with van der Waals surface area (Å²) in [5.41, 5.74) is 0. The molecule has 1 fully saturated rings. The van der Waals surface area contributed by atoms with Gasteiger partial charge in [-0.2, -0.15) is 5.26 Å². The fourth-order valence-corrected chi connectivity index (χ4v) is 3.39. The zero-order chi connectivity index (χ0) is 12.9. The summed E-state index contributed by atoms with van der Waals surface area (Å²) in [5.74, 6) is 0.347. The number of hydrogen-bond donors (Lipinski definition) is 0. The van der Waals surface area contributed by atoms with Gasteiger partial charge in [-0.15, -0.1) is 0 Å². The Morgan fingerprint density at radius 2 is 2.06 bits per heavy atom. The van der Waals surface area contributed by atoms with Crippen LogP contribution in [0, 0.1) is 17.2 Å². The molecule has 1 aliphatic heterocycles. The Bertz CT molecular complexity index is 369. The molecule has 1 aliphatic rings. The molecule has 0 radical (unpaired) electrons. The van der Waals surface area contributed by atoms with Crippen LogP contribution >= 0.6 is 0 Å². The number of nitrogens with zero attached hydrogens (tertiary/aromatic N) is 2. The second kappa shape index (κ2) is 6.34. The van der Waals surface area contributed by atoms with Crippen LogP contribution in [-0.2, 0) is 14.8 Å². The van der Waals surface area contributed by atoms with Gasteiger partial charge in [-0.25, -0.2) is 12.7 Å². The van der Waals surface area contributed by atoms with Crippen LogP contribution in [0.3, 0.4) is 0 Å². The third-order valence-electron chi connectivity index (χ3n) is 3.16. The van der Waals surface area contributed by atoms with Crippen LogP contribution in [0.1, 0.15) is 26.2 Å². The first-order valence-corrected chi connectivity index (χ1v) is 7.45. The summed E-state index contributed by atoms with van der Waals surface area (Å²) in [6.07, 6.45) is 2.11. The first kappa shape index (κ1) is 14.4. The zero-order valence-electron chi connectivity index (χ0n) is 10.4. The van der Waals surface area contributed by atoms with Crippen molar-refractivity contribution in [2.75, 3.05) is 26.8 Å². The molecule has 0 N–H and O–H groups in total. The Balaban J connectivity index is 2.62. The molecular weight excluding hydrogens is 240 g/mol. The van der Waals surface area contributed by atoms with Gasteiger partial charge in [-0.3, -0.25) is 0 Å². The highest BCUT2D eigenvalue weighted by Gasteiger charge is 2.30. The molecule has 0 aromatic rings. The molecule has 1 unspecified atom stereocenters. The number of hydrogen-bond acceptors (Lipinski definition) is 4. The molecule has 0 aliphatic carbocycles. The lowest BCUT2D eigenvalue weighted by atomic mass is 10.0. The number of ether oxygens (including phenoxy) is 1. The third-order valence-corrected chi connectivity index (χ3v) is 5.34. The van der Waals surface area contributed by atoms with E-state index in [1.807, 2.05) is 6.07 Å². The average Bonchev–Trinajstić information content (AvgIpc) is 2.31. The Morgan fingerprint density at radius 3 is 2.53 bits per heavy atom. The summed E-state index contributed by atoms with van der Waals surface area (Å²) in [6.45, 7) is 3.61. The highest BCUT2D eigenvalue weighted by Crippen LogP contribution is 2.19. The van der Waals surface area contributed by atoms with Gasteiger partial charge in [0.15, 0.2) is 5.25 Å². The van der Waals surface area contributed by atoms with E-state index in [0.29, 0.717) is 32.1 Å². The van der Waals surface area contributed by atoms with Crippen molar-refractivity contribution in [2.24, 2.45) is 5.92 Å². The highest BCUT2D eigenvalue weighted by atomic mass is 32.2. The van der Waals surface area contributed by atoms with E-state index in [4.69, 9.17) is 10.00 Å². The van der Waals surface area contributed by atoms with Crippen molar-refractivity contribution in [1.82, 2.24) is 4.31 Å². The normalized spacial score (nSPS) is 20.1. The molecule has 0 aromatic heterocycles. The maximum Gasteiger partial charge on any atom is 0.230 e. The Kier molecular flexibility index (Phi) is 5.37. The van der Waals surface area contributed by atoms with Crippen LogP contribution in [0.15, 0.2) is 0 Å². The minimum absolute atomic E-state index is 0.330. The highest BCUT2D eigenvalue weighted by molar-refractivity contribution is 7.89. The molecular formula is C11H20N2O3S. The molecule has 0 amide bonds. The van der Waals surface area contributed by atoms with Gasteiger partial charge in [-0.1, -0.05) is 6.92 Å². The summed E-state index contributed by atoms with van der Waals surface area (Å²) in [6, 6.07) is 1.86. The van der Waals surface area contributed by atoms with E-state index in [-0.39, 0.29) is 0 Å². The molecule has 1 atom stereocenters. The Labute approximate surface area is 103 Å². The first-order chi connectivity index (χ1) is 8.02. The van der Waals surface area contributed by atoms with Crippen LogP contribution in [-0.4, -0.2) is 44.8 Å². The Morgan fingerprint density at radius 1 is 1.47 bits per heavy atom. The molecule has 1 rings (SSSR count). The van der Waals surface area contributed by atoms with Crippen molar-refractivity contribution >= 4 is 10.0 Å². The number of nitriles is 1. The minimum atomic E-state index is -3.47. The third kappa shape index (κ3) is 3.66. The summed E-state index contributed by atoms with van der Waals surface area (Å²) in [4.78, 5) is 0. The minimum Gasteiger partial charge on any atom is -0.381 e. The van der Waals surface area contributed by atoms with E-state index < -0.39 is 15.3 Å². The lowest BCUT2D eigenvalue weighted by Gasteiger charge is -2.27. The molecule has 0 aromatic carbocycles. The van der Waals surface area contributed by atoms with E-state index in [0.717, 1.165) is 12.8 Å². The van der Waals surface area contributed by atoms with Gasteiger partial charge >= 0.3 is 0 Å². The van der Waals surface area contributed by atoms with Crippen LogP contribution in [0.5, 0.6) is 0 Å². The predicted molar refractivity (Wildman–Crippen MR) is 64.8 cm³/mol. The first-order valence-electron chi connectivity index (χ1n) is 5.94. The lowest BCUT2D eigenvalue weighted by Crippen LogP contribution is -2.39. The molecule has 1 heterocycles. The summed E-state index contributed by atoms with van der Waals surface area (Å²) >= 11 is 0.